The third-order valence-electron chi connectivity index (χ3n) is 2.78. The Labute approximate surface area is 110 Å². The first kappa shape index (κ1) is 12.0. The maximum absolute atomic E-state index is 12.1. The van der Waals surface area contributed by atoms with Crippen molar-refractivity contribution < 1.29 is 9.34 Å². The molecule has 0 fully saturated rings. The Hall–Kier alpha value is -3.10. The van der Waals surface area contributed by atoms with Crippen molar-refractivity contribution >= 4 is 16.7 Å². The van der Waals surface area contributed by atoms with Crippen LogP contribution < -0.4 is 5.43 Å². The summed E-state index contributed by atoms with van der Waals surface area (Å²) in [5, 5.41) is 24.0. The number of nitrogens with one attached hydrogen (secondary N) is 1. The first-order valence-corrected chi connectivity index (χ1v) is 5.53. The molecule has 20 heavy (non-hydrogen) atoms. The van der Waals surface area contributed by atoms with Crippen LogP contribution >= 0.6 is 0 Å². The Morgan fingerprint density at radius 3 is 2.80 bits per heavy atom. The van der Waals surface area contributed by atoms with Crippen LogP contribution in [-0.2, 0) is 0 Å². The molecule has 0 saturated heterocycles. The van der Waals surface area contributed by atoms with E-state index in [1.165, 1.54) is 18.2 Å². The summed E-state index contributed by atoms with van der Waals surface area (Å²) in [6.45, 7) is 1.62. The molecule has 0 saturated carbocycles. The second-order valence-electron chi connectivity index (χ2n) is 4.11. The molecule has 0 atom stereocenters. The number of aromatic nitrogens is 4. The average Bonchev–Trinajstić information content (AvgIpc) is 2.93. The molecule has 100 valence electrons. The predicted molar refractivity (Wildman–Crippen MR) is 67.0 cm³/mol. The largest absolute Gasteiger partial charge is 0.452 e. The van der Waals surface area contributed by atoms with Crippen LogP contribution in [0.1, 0.15) is 5.56 Å². The summed E-state index contributed by atoms with van der Waals surface area (Å²) in [6.07, 6.45) is 0. The van der Waals surface area contributed by atoms with Gasteiger partial charge < -0.3 is 4.42 Å². The summed E-state index contributed by atoms with van der Waals surface area (Å²) in [6, 6.07) is 3.70. The molecular weight excluding hydrogens is 266 g/mol. The van der Waals surface area contributed by atoms with E-state index in [0.29, 0.717) is 5.56 Å². The summed E-state index contributed by atoms with van der Waals surface area (Å²) in [5.74, 6) is 0.287. The monoisotopic (exact) mass is 273 g/mol. The van der Waals surface area contributed by atoms with Crippen molar-refractivity contribution in [3.05, 3.63) is 44.1 Å². The lowest BCUT2D eigenvalue weighted by Gasteiger charge is -2.02. The quantitative estimate of drug-likeness (QED) is 0.548. The molecular formula is C11H7N5O4. The zero-order valence-corrected chi connectivity index (χ0v) is 10.2. The van der Waals surface area contributed by atoms with E-state index in [2.05, 4.69) is 20.6 Å². The van der Waals surface area contributed by atoms with E-state index in [1.54, 1.807) is 6.92 Å². The number of aryl methyl sites for hydroxylation is 1. The van der Waals surface area contributed by atoms with Gasteiger partial charge in [0.2, 0.25) is 5.82 Å². The molecule has 0 spiro atoms. The van der Waals surface area contributed by atoms with Gasteiger partial charge in [0, 0.05) is 18.2 Å². The number of tetrazole rings is 1. The van der Waals surface area contributed by atoms with Crippen molar-refractivity contribution in [1.29, 1.82) is 0 Å². The molecule has 1 N–H and O–H groups in total. The lowest BCUT2D eigenvalue weighted by atomic mass is 10.1. The van der Waals surface area contributed by atoms with E-state index in [-0.39, 0.29) is 28.2 Å². The fourth-order valence-electron chi connectivity index (χ4n) is 1.89. The third-order valence-corrected chi connectivity index (χ3v) is 2.78. The van der Waals surface area contributed by atoms with Crippen molar-refractivity contribution in [3.8, 4) is 11.6 Å². The van der Waals surface area contributed by atoms with Gasteiger partial charge in [-0.15, -0.1) is 10.2 Å². The molecule has 2 aromatic heterocycles. The summed E-state index contributed by atoms with van der Waals surface area (Å²) in [4.78, 5) is 22.3. The van der Waals surface area contributed by atoms with Gasteiger partial charge in [-0.25, -0.2) is 0 Å². The lowest BCUT2D eigenvalue weighted by Crippen LogP contribution is -2.03. The van der Waals surface area contributed by atoms with E-state index in [9.17, 15) is 14.9 Å². The summed E-state index contributed by atoms with van der Waals surface area (Å²) >= 11 is 0. The van der Waals surface area contributed by atoms with E-state index < -0.39 is 10.4 Å². The Bertz CT molecular complexity index is 868. The lowest BCUT2D eigenvalue weighted by molar-refractivity contribution is -0.384. The van der Waals surface area contributed by atoms with Gasteiger partial charge in [0.1, 0.15) is 5.58 Å². The molecule has 0 aliphatic rings. The molecule has 3 rings (SSSR count). The second kappa shape index (κ2) is 4.23. The smallest absolute Gasteiger partial charge is 0.270 e. The van der Waals surface area contributed by atoms with Gasteiger partial charge in [-0.2, -0.15) is 5.21 Å². The fourth-order valence-corrected chi connectivity index (χ4v) is 1.89. The van der Waals surface area contributed by atoms with Crippen molar-refractivity contribution in [2.75, 3.05) is 0 Å². The van der Waals surface area contributed by atoms with Crippen LogP contribution in [0.4, 0.5) is 5.69 Å². The molecule has 2 heterocycles. The van der Waals surface area contributed by atoms with Crippen molar-refractivity contribution in [2.45, 2.75) is 6.92 Å². The standard InChI is InChI=1S/C11H7N5O4/c1-5-2-6(16(18)19)3-7-8(17)4-9(20-10(5)7)11-12-14-15-13-11/h2-4H,1H3,(H,12,13,14,15). The summed E-state index contributed by atoms with van der Waals surface area (Å²) in [7, 11) is 0. The minimum absolute atomic E-state index is 0.141. The van der Waals surface area contributed by atoms with Gasteiger partial charge >= 0.3 is 0 Å². The molecule has 0 unspecified atom stereocenters. The van der Waals surface area contributed by atoms with Gasteiger partial charge in [0.25, 0.3) is 5.69 Å². The summed E-state index contributed by atoms with van der Waals surface area (Å²) < 4.78 is 5.54. The van der Waals surface area contributed by atoms with Crippen molar-refractivity contribution in [1.82, 2.24) is 20.6 Å². The topological polar surface area (TPSA) is 128 Å². The zero-order valence-electron chi connectivity index (χ0n) is 10.2. The molecule has 9 nitrogen and oxygen atoms in total. The van der Waals surface area contributed by atoms with Crippen LogP contribution in [-0.4, -0.2) is 25.5 Å². The Balaban J connectivity index is 2.33. The molecule has 3 aromatic rings. The van der Waals surface area contributed by atoms with E-state index in [0.717, 1.165) is 0 Å². The Morgan fingerprint density at radius 2 is 2.15 bits per heavy atom. The Morgan fingerprint density at radius 1 is 1.35 bits per heavy atom. The SMILES string of the molecule is Cc1cc([N+](=O)[O-])cc2c(=O)cc(-c3nn[nH]n3)oc12. The number of aromatic amines is 1. The van der Waals surface area contributed by atoms with E-state index in [1.807, 2.05) is 0 Å². The van der Waals surface area contributed by atoms with Crippen LogP contribution in [0.15, 0.2) is 27.4 Å². The molecule has 0 amide bonds. The molecule has 0 radical (unpaired) electrons. The molecule has 0 bridgehead atoms. The predicted octanol–water partition coefficient (Wildman–Crippen LogP) is 1.19. The number of nitrogens with zero attached hydrogens (tertiary/aromatic N) is 4. The van der Waals surface area contributed by atoms with Crippen LogP contribution in [0.5, 0.6) is 0 Å². The molecule has 9 heteroatoms. The minimum Gasteiger partial charge on any atom is -0.452 e. The number of nitro benzene ring substituents is 1. The number of hydrogen-bond donors (Lipinski definition) is 1. The highest BCUT2D eigenvalue weighted by Crippen LogP contribution is 2.25. The fraction of sp³-hybridized carbons (Fsp3) is 0.0909. The van der Waals surface area contributed by atoms with E-state index in [4.69, 9.17) is 4.42 Å². The number of hydrogen-bond acceptors (Lipinski definition) is 7. The zero-order chi connectivity index (χ0) is 14.3. The van der Waals surface area contributed by atoms with Crippen molar-refractivity contribution in [2.24, 2.45) is 0 Å². The molecule has 1 aromatic carbocycles. The number of benzene rings is 1. The van der Waals surface area contributed by atoms with Gasteiger partial charge in [-0.05, 0) is 17.7 Å². The van der Waals surface area contributed by atoms with E-state index >= 15 is 0 Å². The number of rotatable bonds is 2. The van der Waals surface area contributed by atoms with Crippen molar-refractivity contribution in [3.63, 3.8) is 0 Å². The van der Waals surface area contributed by atoms with Crippen LogP contribution in [0.3, 0.4) is 0 Å². The Kier molecular flexibility index (Phi) is 2.53. The first-order valence-electron chi connectivity index (χ1n) is 5.53. The third kappa shape index (κ3) is 1.81. The minimum atomic E-state index is -0.557. The van der Waals surface area contributed by atoms with Crippen LogP contribution in [0.25, 0.3) is 22.6 Å². The molecule has 0 aliphatic heterocycles. The first-order chi connectivity index (χ1) is 9.56. The molecule has 0 aliphatic carbocycles. The average molecular weight is 273 g/mol. The highest BCUT2D eigenvalue weighted by Gasteiger charge is 2.16. The van der Waals surface area contributed by atoms with Crippen LogP contribution in [0, 0.1) is 17.0 Å². The maximum atomic E-state index is 12.1. The second-order valence-corrected chi connectivity index (χ2v) is 4.11. The van der Waals surface area contributed by atoms with Crippen LogP contribution in [0.2, 0.25) is 0 Å². The number of fused-ring (bicyclic) bond motifs is 1. The number of non-ortho nitro benzene ring substituents is 1. The normalized spacial score (nSPS) is 10.8. The number of H-pyrrole nitrogens is 1. The van der Waals surface area contributed by atoms with Gasteiger partial charge in [-0.3, -0.25) is 14.9 Å². The maximum Gasteiger partial charge on any atom is 0.270 e. The van der Waals surface area contributed by atoms with Gasteiger partial charge in [0.05, 0.1) is 10.3 Å². The highest BCUT2D eigenvalue weighted by molar-refractivity contribution is 5.83. The summed E-state index contributed by atoms with van der Waals surface area (Å²) in [5.41, 5.74) is 0.187. The van der Waals surface area contributed by atoms with Gasteiger partial charge in [-0.1, -0.05) is 0 Å². The number of nitro groups is 1. The van der Waals surface area contributed by atoms with Gasteiger partial charge in [0.15, 0.2) is 11.2 Å². The highest BCUT2D eigenvalue weighted by atomic mass is 16.6.